The molecule has 0 radical (unpaired) electrons. The predicted molar refractivity (Wildman–Crippen MR) is 66.7 cm³/mol. The molecule has 5 nitrogen and oxygen atoms in total. The molecule has 2 saturated carbocycles. The van der Waals surface area contributed by atoms with Crippen molar-refractivity contribution in [1.82, 2.24) is 9.97 Å². The third-order valence-corrected chi connectivity index (χ3v) is 3.53. The number of aromatic nitrogens is 2. The average Bonchev–Trinajstić information content (AvgIpc) is 3.23. The van der Waals surface area contributed by atoms with E-state index < -0.39 is 5.97 Å². The minimum absolute atomic E-state index is 0.0107. The predicted octanol–water partition coefficient (Wildman–Crippen LogP) is 1.80. The molecule has 5 heteroatoms. The Labute approximate surface area is 106 Å². The van der Waals surface area contributed by atoms with Gasteiger partial charge in [-0.2, -0.15) is 0 Å². The van der Waals surface area contributed by atoms with E-state index in [-0.39, 0.29) is 5.69 Å². The van der Waals surface area contributed by atoms with Crippen LogP contribution in [0.3, 0.4) is 0 Å². The van der Waals surface area contributed by atoms with E-state index in [9.17, 15) is 4.79 Å². The molecule has 0 spiro atoms. The summed E-state index contributed by atoms with van der Waals surface area (Å²) in [6.45, 7) is 2.08. The molecular formula is C13H17N3O2. The van der Waals surface area contributed by atoms with Gasteiger partial charge in [0.25, 0.3) is 0 Å². The summed E-state index contributed by atoms with van der Waals surface area (Å²) in [6, 6.07) is 0. The standard InChI is InChI=1S/C13H17N3O2/c17-13(18)11-5-15-12(6-14-11)16(7-9-1-2-9)8-10-3-4-10/h5-6,9-10H,1-4,7-8H2,(H,17,18). The minimum Gasteiger partial charge on any atom is -0.476 e. The van der Waals surface area contributed by atoms with Gasteiger partial charge < -0.3 is 10.0 Å². The van der Waals surface area contributed by atoms with Crippen LogP contribution in [-0.4, -0.2) is 34.1 Å². The van der Waals surface area contributed by atoms with Crippen LogP contribution < -0.4 is 4.90 Å². The molecule has 0 bridgehead atoms. The Kier molecular flexibility index (Phi) is 2.89. The number of carboxylic acid groups (broad SMARTS) is 1. The zero-order valence-corrected chi connectivity index (χ0v) is 10.2. The Morgan fingerprint density at radius 2 is 1.78 bits per heavy atom. The van der Waals surface area contributed by atoms with Crippen molar-refractivity contribution in [2.45, 2.75) is 25.7 Å². The first-order valence-electron chi connectivity index (χ1n) is 6.52. The van der Waals surface area contributed by atoms with Gasteiger partial charge in [0, 0.05) is 13.1 Å². The number of aromatic carboxylic acids is 1. The van der Waals surface area contributed by atoms with Crippen LogP contribution in [0.25, 0.3) is 0 Å². The molecule has 2 fully saturated rings. The summed E-state index contributed by atoms with van der Waals surface area (Å²) < 4.78 is 0. The largest absolute Gasteiger partial charge is 0.476 e. The third-order valence-electron chi connectivity index (χ3n) is 3.53. The summed E-state index contributed by atoms with van der Waals surface area (Å²) in [5.41, 5.74) is 0.0107. The highest BCUT2D eigenvalue weighted by Gasteiger charge is 2.30. The summed E-state index contributed by atoms with van der Waals surface area (Å²) in [4.78, 5) is 21.2. The van der Waals surface area contributed by atoms with E-state index in [1.54, 1.807) is 6.20 Å². The molecule has 1 aromatic rings. The molecule has 3 rings (SSSR count). The lowest BCUT2D eigenvalue weighted by atomic mass is 10.3. The first kappa shape index (κ1) is 11.4. The van der Waals surface area contributed by atoms with E-state index in [0.717, 1.165) is 30.7 Å². The Balaban J connectivity index is 1.72. The molecule has 1 N–H and O–H groups in total. The summed E-state index contributed by atoms with van der Waals surface area (Å²) in [6.07, 6.45) is 8.17. The summed E-state index contributed by atoms with van der Waals surface area (Å²) >= 11 is 0. The molecule has 0 amide bonds. The number of hydrogen-bond donors (Lipinski definition) is 1. The second-order valence-corrected chi connectivity index (χ2v) is 5.36. The van der Waals surface area contributed by atoms with E-state index in [2.05, 4.69) is 14.9 Å². The van der Waals surface area contributed by atoms with Crippen LogP contribution in [0, 0.1) is 11.8 Å². The average molecular weight is 247 g/mol. The van der Waals surface area contributed by atoms with Gasteiger partial charge in [-0.05, 0) is 37.5 Å². The number of rotatable bonds is 6. The Hall–Kier alpha value is -1.65. The summed E-state index contributed by atoms with van der Waals surface area (Å²) in [5, 5.41) is 8.81. The number of nitrogens with zero attached hydrogens (tertiary/aromatic N) is 3. The fourth-order valence-corrected chi connectivity index (χ4v) is 2.08. The Bertz CT molecular complexity index is 424. The second-order valence-electron chi connectivity index (χ2n) is 5.36. The SMILES string of the molecule is O=C(O)c1cnc(N(CC2CC2)CC2CC2)cn1. The maximum Gasteiger partial charge on any atom is 0.356 e. The Morgan fingerprint density at radius 1 is 1.17 bits per heavy atom. The van der Waals surface area contributed by atoms with Crippen molar-refractivity contribution in [3.8, 4) is 0 Å². The smallest absolute Gasteiger partial charge is 0.356 e. The van der Waals surface area contributed by atoms with Crippen molar-refractivity contribution < 1.29 is 9.90 Å². The molecule has 0 aromatic carbocycles. The molecule has 1 heterocycles. The normalized spacial score (nSPS) is 18.7. The van der Waals surface area contributed by atoms with E-state index >= 15 is 0 Å². The molecule has 96 valence electrons. The van der Waals surface area contributed by atoms with Gasteiger partial charge in [-0.3, -0.25) is 0 Å². The van der Waals surface area contributed by atoms with Crippen molar-refractivity contribution in [2.24, 2.45) is 11.8 Å². The molecule has 1 aromatic heterocycles. The number of hydrogen-bond acceptors (Lipinski definition) is 4. The minimum atomic E-state index is -1.02. The molecule has 0 aliphatic heterocycles. The van der Waals surface area contributed by atoms with Crippen LogP contribution in [-0.2, 0) is 0 Å². The van der Waals surface area contributed by atoms with Gasteiger partial charge in [-0.15, -0.1) is 0 Å². The molecule has 0 saturated heterocycles. The first-order valence-corrected chi connectivity index (χ1v) is 6.52. The lowest BCUT2D eigenvalue weighted by molar-refractivity contribution is 0.0690. The highest BCUT2D eigenvalue weighted by Crippen LogP contribution is 2.35. The van der Waals surface area contributed by atoms with Crippen LogP contribution in [0.4, 0.5) is 5.82 Å². The van der Waals surface area contributed by atoms with Crippen molar-refractivity contribution in [1.29, 1.82) is 0 Å². The fraction of sp³-hybridized carbons (Fsp3) is 0.615. The molecule has 2 aliphatic carbocycles. The van der Waals surface area contributed by atoms with Crippen molar-refractivity contribution in [3.63, 3.8) is 0 Å². The monoisotopic (exact) mass is 247 g/mol. The van der Waals surface area contributed by atoms with Gasteiger partial charge in [0.15, 0.2) is 5.69 Å². The maximum atomic E-state index is 10.7. The van der Waals surface area contributed by atoms with Gasteiger partial charge in [0.05, 0.1) is 12.4 Å². The summed E-state index contributed by atoms with van der Waals surface area (Å²) in [7, 11) is 0. The van der Waals surface area contributed by atoms with Gasteiger partial charge in [0.1, 0.15) is 5.82 Å². The first-order chi connectivity index (χ1) is 8.72. The molecule has 0 unspecified atom stereocenters. The second kappa shape index (κ2) is 4.55. The fourth-order valence-electron chi connectivity index (χ4n) is 2.08. The highest BCUT2D eigenvalue weighted by molar-refractivity contribution is 5.84. The number of anilines is 1. The van der Waals surface area contributed by atoms with Crippen molar-refractivity contribution in [2.75, 3.05) is 18.0 Å². The van der Waals surface area contributed by atoms with Gasteiger partial charge in [-0.1, -0.05) is 0 Å². The number of carbonyl (C=O) groups is 1. The molecular weight excluding hydrogens is 230 g/mol. The van der Waals surface area contributed by atoms with E-state index in [1.807, 2.05) is 0 Å². The van der Waals surface area contributed by atoms with Crippen LogP contribution in [0.2, 0.25) is 0 Å². The van der Waals surface area contributed by atoms with Crippen LogP contribution in [0.5, 0.6) is 0 Å². The van der Waals surface area contributed by atoms with Gasteiger partial charge >= 0.3 is 5.97 Å². The van der Waals surface area contributed by atoms with E-state index in [1.165, 1.54) is 31.9 Å². The highest BCUT2D eigenvalue weighted by atomic mass is 16.4. The topological polar surface area (TPSA) is 66.3 Å². The zero-order chi connectivity index (χ0) is 12.5. The van der Waals surface area contributed by atoms with Gasteiger partial charge in [0.2, 0.25) is 0 Å². The van der Waals surface area contributed by atoms with Crippen molar-refractivity contribution in [3.05, 3.63) is 18.1 Å². The van der Waals surface area contributed by atoms with E-state index in [0.29, 0.717) is 0 Å². The third kappa shape index (κ3) is 2.78. The van der Waals surface area contributed by atoms with Crippen LogP contribution >= 0.6 is 0 Å². The van der Waals surface area contributed by atoms with Crippen LogP contribution in [0.15, 0.2) is 12.4 Å². The maximum absolute atomic E-state index is 10.7. The molecule has 0 atom stereocenters. The zero-order valence-electron chi connectivity index (χ0n) is 10.2. The van der Waals surface area contributed by atoms with Crippen LogP contribution in [0.1, 0.15) is 36.2 Å². The molecule has 18 heavy (non-hydrogen) atoms. The molecule has 2 aliphatic rings. The lowest BCUT2D eigenvalue weighted by Gasteiger charge is -2.23. The van der Waals surface area contributed by atoms with E-state index in [4.69, 9.17) is 5.11 Å². The van der Waals surface area contributed by atoms with Gasteiger partial charge in [-0.25, -0.2) is 14.8 Å². The lowest BCUT2D eigenvalue weighted by Crippen LogP contribution is -2.29. The number of carboxylic acids is 1. The Morgan fingerprint density at radius 3 is 2.17 bits per heavy atom. The quantitative estimate of drug-likeness (QED) is 0.830. The van der Waals surface area contributed by atoms with Crippen molar-refractivity contribution >= 4 is 11.8 Å². The summed E-state index contributed by atoms with van der Waals surface area (Å²) in [5.74, 6) is 1.39.